The molecule has 0 bridgehead atoms. The molecule has 126 valence electrons. The van der Waals surface area contributed by atoms with Crippen LogP contribution in [0.15, 0.2) is 30.7 Å². The highest BCUT2D eigenvalue weighted by molar-refractivity contribution is 5.92. The molecular formula is C18H23N5O. The van der Waals surface area contributed by atoms with E-state index in [9.17, 15) is 4.79 Å². The SMILES string of the molecule is CCN(C(=O)NC)c1ccc2c(c1)C1(CCN2)CC1c1c[nH]cn1. The molecule has 1 aliphatic heterocycles. The molecule has 2 aromatic rings. The van der Waals surface area contributed by atoms with E-state index >= 15 is 0 Å². The van der Waals surface area contributed by atoms with E-state index < -0.39 is 0 Å². The zero-order valence-electron chi connectivity index (χ0n) is 14.1. The summed E-state index contributed by atoms with van der Waals surface area (Å²) in [6.07, 6.45) is 5.99. The summed E-state index contributed by atoms with van der Waals surface area (Å²) in [4.78, 5) is 21.4. The summed E-state index contributed by atoms with van der Waals surface area (Å²) in [6, 6.07) is 6.24. The van der Waals surface area contributed by atoms with E-state index in [4.69, 9.17) is 0 Å². The fourth-order valence-corrected chi connectivity index (χ4v) is 4.13. The Balaban J connectivity index is 1.72. The van der Waals surface area contributed by atoms with E-state index in [2.05, 4.69) is 32.7 Å². The molecule has 1 aromatic carbocycles. The first-order valence-electron chi connectivity index (χ1n) is 8.56. The molecule has 4 rings (SSSR count). The Kier molecular flexibility index (Phi) is 3.48. The van der Waals surface area contributed by atoms with Crippen LogP contribution in [0.25, 0.3) is 0 Å². The Morgan fingerprint density at radius 1 is 1.50 bits per heavy atom. The van der Waals surface area contributed by atoms with Crippen molar-refractivity contribution in [3.63, 3.8) is 0 Å². The van der Waals surface area contributed by atoms with Crippen LogP contribution >= 0.6 is 0 Å². The number of hydrogen-bond donors (Lipinski definition) is 3. The number of imidazole rings is 1. The third kappa shape index (κ3) is 2.17. The quantitative estimate of drug-likeness (QED) is 0.812. The number of aromatic amines is 1. The van der Waals surface area contributed by atoms with Crippen molar-refractivity contribution in [2.24, 2.45) is 0 Å². The van der Waals surface area contributed by atoms with Crippen molar-refractivity contribution in [2.75, 3.05) is 30.4 Å². The number of anilines is 2. The van der Waals surface area contributed by atoms with Gasteiger partial charge in [-0.15, -0.1) is 0 Å². The van der Waals surface area contributed by atoms with Crippen molar-refractivity contribution >= 4 is 17.4 Å². The topological polar surface area (TPSA) is 73.1 Å². The van der Waals surface area contributed by atoms with E-state index in [-0.39, 0.29) is 11.4 Å². The molecule has 1 spiro atoms. The van der Waals surface area contributed by atoms with Crippen LogP contribution < -0.4 is 15.5 Å². The van der Waals surface area contributed by atoms with Gasteiger partial charge in [-0.3, -0.25) is 4.90 Å². The van der Waals surface area contributed by atoms with Gasteiger partial charge in [-0.1, -0.05) is 0 Å². The molecule has 1 fully saturated rings. The lowest BCUT2D eigenvalue weighted by Gasteiger charge is -2.30. The van der Waals surface area contributed by atoms with Gasteiger partial charge in [-0.05, 0) is 43.5 Å². The number of fused-ring (bicyclic) bond motifs is 2. The molecule has 6 nitrogen and oxygen atoms in total. The minimum absolute atomic E-state index is 0.0742. The maximum atomic E-state index is 12.1. The van der Waals surface area contributed by atoms with E-state index in [0.717, 1.165) is 30.8 Å². The maximum absolute atomic E-state index is 12.1. The number of hydrogen-bond acceptors (Lipinski definition) is 3. The van der Waals surface area contributed by atoms with Crippen LogP contribution in [0.3, 0.4) is 0 Å². The monoisotopic (exact) mass is 325 g/mol. The second-order valence-electron chi connectivity index (χ2n) is 6.61. The fraction of sp³-hybridized carbons (Fsp3) is 0.444. The average molecular weight is 325 g/mol. The minimum atomic E-state index is -0.0742. The van der Waals surface area contributed by atoms with Gasteiger partial charge in [0.1, 0.15) is 0 Å². The van der Waals surface area contributed by atoms with Gasteiger partial charge in [0.05, 0.1) is 12.0 Å². The van der Waals surface area contributed by atoms with Crippen molar-refractivity contribution in [3.8, 4) is 0 Å². The van der Waals surface area contributed by atoms with E-state index in [1.165, 1.54) is 11.3 Å². The van der Waals surface area contributed by atoms with Crippen LogP contribution in [-0.2, 0) is 5.41 Å². The van der Waals surface area contributed by atoms with Gasteiger partial charge < -0.3 is 15.6 Å². The lowest BCUT2D eigenvalue weighted by Crippen LogP contribution is -2.38. The van der Waals surface area contributed by atoms with Gasteiger partial charge in [0, 0.05) is 49.0 Å². The van der Waals surface area contributed by atoms with Crippen molar-refractivity contribution in [1.29, 1.82) is 0 Å². The summed E-state index contributed by atoms with van der Waals surface area (Å²) < 4.78 is 0. The predicted molar refractivity (Wildman–Crippen MR) is 94.6 cm³/mol. The van der Waals surface area contributed by atoms with Gasteiger partial charge in [0.25, 0.3) is 0 Å². The first-order valence-corrected chi connectivity index (χ1v) is 8.56. The van der Waals surface area contributed by atoms with Crippen molar-refractivity contribution in [1.82, 2.24) is 15.3 Å². The summed E-state index contributed by atoms with van der Waals surface area (Å²) in [5.41, 5.74) is 4.77. The Hall–Kier alpha value is -2.50. The Morgan fingerprint density at radius 2 is 2.38 bits per heavy atom. The summed E-state index contributed by atoms with van der Waals surface area (Å²) in [5.74, 6) is 0.468. The second kappa shape index (κ2) is 5.54. The fourth-order valence-electron chi connectivity index (χ4n) is 4.13. The molecule has 2 atom stereocenters. The Morgan fingerprint density at radius 3 is 3.08 bits per heavy atom. The molecule has 2 heterocycles. The number of nitrogens with zero attached hydrogens (tertiary/aromatic N) is 2. The number of carbonyl (C=O) groups is 1. The number of nitrogens with one attached hydrogen (secondary N) is 3. The second-order valence-corrected chi connectivity index (χ2v) is 6.61. The van der Waals surface area contributed by atoms with Crippen LogP contribution in [0.2, 0.25) is 0 Å². The third-order valence-corrected chi connectivity index (χ3v) is 5.46. The summed E-state index contributed by atoms with van der Waals surface area (Å²) in [7, 11) is 1.67. The molecule has 3 N–H and O–H groups in total. The van der Waals surface area contributed by atoms with E-state index in [0.29, 0.717) is 12.5 Å². The van der Waals surface area contributed by atoms with Gasteiger partial charge in [-0.2, -0.15) is 0 Å². The minimum Gasteiger partial charge on any atom is -0.385 e. The average Bonchev–Trinajstić information content (AvgIpc) is 3.07. The van der Waals surface area contributed by atoms with Crippen molar-refractivity contribution in [2.45, 2.75) is 31.1 Å². The van der Waals surface area contributed by atoms with Crippen LogP contribution in [0.1, 0.15) is 36.9 Å². The smallest absolute Gasteiger partial charge is 0.321 e. The highest BCUT2D eigenvalue weighted by Crippen LogP contribution is 2.65. The summed E-state index contributed by atoms with van der Waals surface area (Å²) in [6.45, 7) is 3.62. The normalized spacial score (nSPS) is 24.2. The number of carbonyl (C=O) groups excluding carboxylic acids is 1. The zero-order valence-corrected chi connectivity index (χ0v) is 14.1. The predicted octanol–water partition coefficient (Wildman–Crippen LogP) is 2.82. The van der Waals surface area contributed by atoms with Crippen LogP contribution in [0, 0.1) is 0 Å². The van der Waals surface area contributed by atoms with E-state index in [1.807, 2.05) is 19.2 Å². The number of amides is 2. The third-order valence-electron chi connectivity index (χ3n) is 5.46. The highest BCUT2D eigenvalue weighted by Gasteiger charge is 2.58. The lowest BCUT2D eigenvalue weighted by molar-refractivity contribution is 0.248. The molecule has 2 unspecified atom stereocenters. The molecule has 2 amide bonds. The Labute approximate surface area is 141 Å². The molecule has 1 aromatic heterocycles. The Bertz CT molecular complexity index is 757. The summed E-state index contributed by atoms with van der Waals surface area (Å²) >= 11 is 0. The van der Waals surface area contributed by atoms with Crippen molar-refractivity contribution in [3.05, 3.63) is 42.0 Å². The molecule has 1 saturated carbocycles. The van der Waals surface area contributed by atoms with Crippen LogP contribution in [0.5, 0.6) is 0 Å². The molecule has 24 heavy (non-hydrogen) atoms. The van der Waals surface area contributed by atoms with Crippen LogP contribution in [0.4, 0.5) is 16.2 Å². The zero-order chi connectivity index (χ0) is 16.7. The first-order chi connectivity index (χ1) is 11.7. The van der Waals surface area contributed by atoms with Crippen molar-refractivity contribution < 1.29 is 4.79 Å². The van der Waals surface area contributed by atoms with E-state index in [1.54, 1.807) is 18.3 Å². The molecule has 0 saturated heterocycles. The molecular weight excluding hydrogens is 302 g/mol. The molecule has 2 aliphatic rings. The van der Waals surface area contributed by atoms with Gasteiger partial charge in [0.2, 0.25) is 0 Å². The number of urea groups is 1. The number of H-pyrrole nitrogens is 1. The summed E-state index contributed by atoms with van der Waals surface area (Å²) in [5, 5.41) is 6.22. The molecule has 1 aliphatic carbocycles. The lowest BCUT2D eigenvalue weighted by atomic mass is 9.84. The van der Waals surface area contributed by atoms with Gasteiger partial charge in [-0.25, -0.2) is 9.78 Å². The molecule has 0 radical (unpaired) electrons. The van der Waals surface area contributed by atoms with Gasteiger partial charge >= 0.3 is 6.03 Å². The number of benzene rings is 1. The highest BCUT2D eigenvalue weighted by atomic mass is 16.2. The molecule has 6 heteroatoms. The largest absolute Gasteiger partial charge is 0.385 e. The first kappa shape index (κ1) is 15.1. The number of aromatic nitrogens is 2. The number of rotatable bonds is 3. The maximum Gasteiger partial charge on any atom is 0.321 e. The van der Waals surface area contributed by atoms with Crippen LogP contribution in [-0.4, -0.2) is 36.1 Å². The standard InChI is InChI=1S/C18H23N5O/c1-3-23(17(24)19-2)12-4-5-15-13(8-12)18(6-7-21-15)9-14(18)16-10-20-11-22-16/h4-5,8,10-11,14,21H,3,6-7,9H2,1-2H3,(H,19,24)(H,20,22). The van der Waals surface area contributed by atoms with Gasteiger partial charge in [0.15, 0.2) is 0 Å².